The first-order valence-electron chi connectivity index (χ1n) is 7.74. The fourth-order valence-corrected chi connectivity index (χ4v) is 3.30. The Morgan fingerprint density at radius 1 is 1.22 bits per heavy atom. The van der Waals surface area contributed by atoms with Gasteiger partial charge in [-0.15, -0.1) is 0 Å². The van der Waals surface area contributed by atoms with Crippen molar-refractivity contribution in [2.24, 2.45) is 0 Å². The molecular formula is C18H20N2O3. The second-order valence-corrected chi connectivity index (χ2v) is 5.81. The highest BCUT2D eigenvalue weighted by molar-refractivity contribution is 5.54. The van der Waals surface area contributed by atoms with E-state index in [1.165, 1.54) is 5.56 Å². The number of anilines is 1. The zero-order valence-electron chi connectivity index (χ0n) is 13.3. The number of hydrogen-bond donors (Lipinski definition) is 0. The summed E-state index contributed by atoms with van der Waals surface area (Å²) in [5.41, 5.74) is 3.24. The lowest BCUT2D eigenvalue weighted by molar-refractivity contribution is -0.522. The summed E-state index contributed by atoms with van der Waals surface area (Å²) in [4.78, 5) is 13.4. The van der Waals surface area contributed by atoms with Crippen LogP contribution < -0.4 is 9.64 Å². The third-order valence-corrected chi connectivity index (χ3v) is 4.53. The van der Waals surface area contributed by atoms with Gasteiger partial charge in [-0.05, 0) is 41.8 Å². The maximum atomic E-state index is 11.4. The van der Waals surface area contributed by atoms with E-state index in [1.54, 1.807) is 14.0 Å². The quantitative estimate of drug-likeness (QED) is 0.641. The first-order chi connectivity index (χ1) is 11.1. The molecule has 0 saturated carbocycles. The average molecular weight is 312 g/mol. The van der Waals surface area contributed by atoms with Gasteiger partial charge < -0.3 is 9.64 Å². The van der Waals surface area contributed by atoms with Crippen molar-refractivity contribution >= 4 is 5.69 Å². The van der Waals surface area contributed by atoms with Gasteiger partial charge in [0, 0.05) is 24.1 Å². The second-order valence-electron chi connectivity index (χ2n) is 5.81. The van der Waals surface area contributed by atoms with E-state index in [4.69, 9.17) is 4.74 Å². The first kappa shape index (κ1) is 15.3. The SMILES string of the molecule is COc1ccc(N2CCc3ccccc3[C@@H]2C(C)[N+](=O)[O-])cc1. The van der Waals surface area contributed by atoms with E-state index < -0.39 is 6.04 Å². The van der Waals surface area contributed by atoms with E-state index in [-0.39, 0.29) is 11.0 Å². The zero-order chi connectivity index (χ0) is 16.4. The van der Waals surface area contributed by atoms with Crippen LogP contribution in [0.25, 0.3) is 0 Å². The van der Waals surface area contributed by atoms with E-state index in [0.717, 1.165) is 30.0 Å². The Morgan fingerprint density at radius 2 is 1.91 bits per heavy atom. The molecule has 2 aromatic carbocycles. The Labute approximate surface area is 135 Å². The summed E-state index contributed by atoms with van der Waals surface area (Å²) in [6, 6.07) is 14.8. The lowest BCUT2D eigenvalue weighted by atomic mass is 9.88. The van der Waals surface area contributed by atoms with Crippen molar-refractivity contribution in [3.05, 3.63) is 69.8 Å². The van der Waals surface area contributed by atoms with Crippen molar-refractivity contribution < 1.29 is 9.66 Å². The highest BCUT2D eigenvalue weighted by Crippen LogP contribution is 2.37. The lowest BCUT2D eigenvalue weighted by Crippen LogP contribution is -2.43. The monoisotopic (exact) mass is 312 g/mol. The third kappa shape index (κ3) is 2.86. The maximum absolute atomic E-state index is 11.4. The van der Waals surface area contributed by atoms with Gasteiger partial charge in [0.25, 0.3) is 0 Å². The molecule has 0 aliphatic carbocycles. The topological polar surface area (TPSA) is 55.6 Å². The summed E-state index contributed by atoms with van der Waals surface area (Å²) in [5, 5.41) is 11.4. The minimum atomic E-state index is -0.682. The highest BCUT2D eigenvalue weighted by atomic mass is 16.6. The Balaban J connectivity index is 2.02. The molecule has 0 aromatic heterocycles. The number of hydrogen-bond acceptors (Lipinski definition) is 4. The smallest absolute Gasteiger partial charge is 0.234 e. The van der Waals surface area contributed by atoms with Crippen LogP contribution in [0.3, 0.4) is 0 Å². The number of nitro groups is 1. The first-order valence-corrected chi connectivity index (χ1v) is 7.74. The molecule has 5 heteroatoms. The van der Waals surface area contributed by atoms with Gasteiger partial charge in [-0.1, -0.05) is 24.3 Å². The molecule has 0 saturated heterocycles. The molecule has 0 bridgehead atoms. The summed E-state index contributed by atoms with van der Waals surface area (Å²) in [7, 11) is 1.63. The molecular weight excluding hydrogens is 292 g/mol. The van der Waals surface area contributed by atoms with Crippen LogP contribution in [0.4, 0.5) is 5.69 Å². The molecule has 2 aromatic rings. The number of benzene rings is 2. The van der Waals surface area contributed by atoms with Gasteiger partial charge in [0.15, 0.2) is 0 Å². The number of fused-ring (bicyclic) bond motifs is 1. The largest absolute Gasteiger partial charge is 0.497 e. The maximum Gasteiger partial charge on any atom is 0.234 e. The van der Waals surface area contributed by atoms with Crippen LogP contribution >= 0.6 is 0 Å². The van der Waals surface area contributed by atoms with Crippen LogP contribution in [-0.2, 0) is 6.42 Å². The Hall–Kier alpha value is -2.56. The van der Waals surface area contributed by atoms with Crippen LogP contribution in [0.15, 0.2) is 48.5 Å². The Bertz CT molecular complexity index is 700. The van der Waals surface area contributed by atoms with Gasteiger partial charge in [0.2, 0.25) is 6.04 Å². The minimum Gasteiger partial charge on any atom is -0.497 e. The average Bonchev–Trinajstić information content (AvgIpc) is 2.60. The van der Waals surface area contributed by atoms with Crippen LogP contribution in [-0.4, -0.2) is 24.6 Å². The van der Waals surface area contributed by atoms with Crippen LogP contribution in [0, 0.1) is 10.1 Å². The van der Waals surface area contributed by atoms with Gasteiger partial charge in [-0.2, -0.15) is 0 Å². The molecule has 120 valence electrons. The molecule has 3 rings (SSSR count). The second kappa shape index (κ2) is 6.28. The van der Waals surface area contributed by atoms with Crippen molar-refractivity contribution in [3.63, 3.8) is 0 Å². The predicted molar refractivity (Wildman–Crippen MR) is 89.7 cm³/mol. The Morgan fingerprint density at radius 3 is 2.57 bits per heavy atom. The van der Waals surface area contributed by atoms with Gasteiger partial charge in [-0.25, -0.2) is 0 Å². The molecule has 0 spiro atoms. The summed E-state index contributed by atoms with van der Waals surface area (Å²) < 4.78 is 5.20. The van der Waals surface area contributed by atoms with Crippen molar-refractivity contribution in [1.82, 2.24) is 0 Å². The summed E-state index contributed by atoms with van der Waals surface area (Å²) in [6.07, 6.45) is 0.892. The summed E-state index contributed by atoms with van der Waals surface area (Å²) in [5.74, 6) is 0.782. The molecule has 0 fully saturated rings. The normalized spacial score (nSPS) is 18.2. The fourth-order valence-electron chi connectivity index (χ4n) is 3.30. The molecule has 1 unspecified atom stereocenters. The number of ether oxygens (including phenoxy) is 1. The summed E-state index contributed by atoms with van der Waals surface area (Å²) >= 11 is 0. The molecule has 1 aliphatic heterocycles. The van der Waals surface area contributed by atoms with Crippen LogP contribution in [0.5, 0.6) is 5.75 Å². The number of methoxy groups -OCH3 is 1. The van der Waals surface area contributed by atoms with Crippen molar-refractivity contribution in [2.75, 3.05) is 18.6 Å². The molecule has 0 radical (unpaired) electrons. The molecule has 1 aliphatic rings. The van der Waals surface area contributed by atoms with Gasteiger partial charge in [-0.3, -0.25) is 10.1 Å². The van der Waals surface area contributed by atoms with Gasteiger partial charge >= 0.3 is 0 Å². The molecule has 0 N–H and O–H groups in total. The fraction of sp³-hybridized carbons (Fsp3) is 0.333. The minimum absolute atomic E-state index is 0.191. The highest BCUT2D eigenvalue weighted by Gasteiger charge is 2.37. The van der Waals surface area contributed by atoms with Crippen molar-refractivity contribution in [1.29, 1.82) is 0 Å². The standard InChI is InChI=1S/C18H20N2O3/c1-13(20(21)22)18-17-6-4-3-5-14(17)11-12-19(18)15-7-9-16(23-2)10-8-15/h3-10,13,18H,11-12H2,1-2H3/t13?,18-/m0/s1. The van der Waals surface area contributed by atoms with Gasteiger partial charge in [0.05, 0.1) is 7.11 Å². The van der Waals surface area contributed by atoms with Crippen LogP contribution in [0.1, 0.15) is 24.1 Å². The molecule has 23 heavy (non-hydrogen) atoms. The van der Waals surface area contributed by atoms with E-state index in [0.29, 0.717) is 0 Å². The van der Waals surface area contributed by atoms with Crippen molar-refractivity contribution in [3.8, 4) is 5.75 Å². The lowest BCUT2D eigenvalue weighted by Gasteiger charge is -2.39. The Kier molecular flexibility index (Phi) is 4.19. The molecule has 5 nitrogen and oxygen atoms in total. The van der Waals surface area contributed by atoms with Crippen LogP contribution in [0.2, 0.25) is 0 Å². The van der Waals surface area contributed by atoms with E-state index in [9.17, 15) is 10.1 Å². The van der Waals surface area contributed by atoms with E-state index >= 15 is 0 Å². The zero-order valence-corrected chi connectivity index (χ0v) is 13.3. The third-order valence-electron chi connectivity index (χ3n) is 4.53. The number of nitrogens with zero attached hydrogens (tertiary/aromatic N) is 2. The van der Waals surface area contributed by atoms with Gasteiger partial charge in [0.1, 0.15) is 11.8 Å². The van der Waals surface area contributed by atoms with E-state index in [2.05, 4.69) is 11.0 Å². The number of rotatable bonds is 4. The van der Waals surface area contributed by atoms with E-state index in [1.807, 2.05) is 42.5 Å². The molecule has 1 heterocycles. The molecule has 2 atom stereocenters. The van der Waals surface area contributed by atoms with Crippen molar-refractivity contribution in [2.45, 2.75) is 25.4 Å². The summed E-state index contributed by atoms with van der Waals surface area (Å²) in [6.45, 7) is 2.45. The predicted octanol–water partition coefficient (Wildman–Crippen LogP) is 3.46. The molecule has 0 amide bonds.